The summed E-state index contributed by atoms with van der Waals surface area (Å²) in [7, 11) is 3.76. The monoisotopic (exact) mass is 1080 g/mol. The highest BCUT2D eigenvalue weighted by Crippen LogP contribution is 2.40. The molecular weight excluding hydrogens is 1020 g/mol. The summed E-state index contributed by atoms with van der Waals surface area (Å²) in [6.07, 6.45) is 9.68. The fourth-order valence-corrected chi connectivity index (χ4v) is 10.4. The average molecular weight is 1080 g/mol. The van der Waals surface area contributed by atoms with Gasteiger partial charge in [0.15, 0.2) is 18.7 Å². The first-order chi connectivity index (χ1) is 38.3. The maximum absolute atomic E-state index is 13.1. The molecular formula is C61H62N8O11. The Morgan fingerprint density at radius 2 is 1.06 bits per heavy atom. The molecule has 2 fully saturated rings. The fourth-order valence-electron chi connectivity index (χ4n) is 10.4. The van der Waals surface area contributed by atoms with Gasteiger partial charge in [-0.3, -0.25) is 33.8 Å². The van der Waals surface area contributed by atoms with Crippen LogP contribution in [0.1, 0.15) is 64.8 Å². The van der Waals surface area contributed by atoms with Crippen molar-refractivity contribution in [1.29, 1.82) is 0 Å². The summed E-state index contributed by atoms with van der Waals surface area (Å²) in [5.74, 6) is 0.337. The molecule has 0 unspecified atom stereocenters. The third kappa shape index (κ3) is 11.3. The number of phenolic OH excluding ortho intramolecular Hbond substituents is 2. The molecule has 412 valence electrons. The largest absolute Gasteiger partial charge is 0.507 e. The molecule has 4 aromatic heterocycles. The first kappa shape index (κ1) is 55.7. The molecule has 19 nitrogen and oxygen atoms in total. The number of aliphatic hydroxyl groups excluding tert-OH is 2. The number of rotatable bonds is 10. The number of hydrogen-bond acceptors (Lipinski definition) is 15. The minimum absolute atomic E-state index is 0. The number of ether oxygens (including phenoxy) is 2. The quantitative estimate of drug-likeness (QED) is 0.0823. The predicted octanol–water partition coefficient (Wildman–Crippen LogP) is 6.72. The summed E-state index contributed by atoms with van der Waals surface area (Å²) >= 11 is 0. The molecule has 80 heavy (non-hydrogen) atoms. The van der Waals surface area contributed by atoms with Gasteiger partial charge in [-0.25, -0.2) is 9.97 Å². The number of aromatic hydroxyl groups is 2. The lowest BCUT2D eigenvalue weighted by molar-refractivity contribution is 0.0608. The smallest absolute Gasteiger partial charge is 0.253 e. The zero-order chi connectivity index (χ0) is 55.3. The van der Waals surface area contributed by atoms with Gasteiger partial charge in [0.25, 0.3) is 11.8 Å². The number of aryl methyl sites for hydroxylation is 2. The van der Waals surface area contributed by atoms with Crippen LogP contribution in [-0.4, -0.2) is 174 Å². The Bertz CT molecular complexity index is 3650. The average Bonchev–Trinajstić information content (AvgIpc) is 4.34. The number of ketones is 2. The molecule has 0 bridgehead atoms. The molecule has 8 aromatic rings. The van der Waals surface area contributed by atoms with Gasteiger partial charge < -0.3 is 48.8 Å². The number of amides is 2. The zero-order valence-corrected chi connectivity index (χ0v) is 43.6. The maximum atomic E-state index is 13.1. The predicted molar refractivity (Wildman–Crippen MR) is 302 cm³/mol. The van der Waals surface area contributed by atoms with Crippen molar-refractivity contribution < 1.29 is 53.9 Å². The highest BCUT2D eigenvalue weighted by Gasteiger charge is 2.31. The summed E-state index contributed by atoms with van der Waals surface area (Å²) in [6.45, 7) is 7.26. The molecule has 0 spiro atoms. The van der Waals surface area contributed by atoms with Crippen molar-refractivity contribution in [1.82, 2.24) is 38.7 Å². The molecule has 0 atom stereocenters. The molecule has 4 N–H and O–H groups in total. The lowest BCUT2D eigenvalue weighted by Crippen LogP contribution is -2.49. The van der Waals surface area contributed by atoms with Crippen LogP contribution in [0.25, 0.3) is 50.4 Å². The summed E-state index contributed by atoms with van der Waals surface area (Å²) in [6, 6.07) is 28.4. The van der Waals surface area contributed by atoms with Gasteiger partial charge in [-0.15, -0.1) is 0 Å². The van der Waals surface area contributed by atoms with Gasteiger partial charge in [-0.2, -0.15) is 0 Å². The van der Waals surface area contributed by atoms with E-state index in [1.54, 1.807) is 48.9 Å². The number of aromatic nitrogens is 4. The van der Waals surface area contributed by atoms with Crippen molar-refractivity contribution in [2.24, 2.45) is 14.1 Å². The number of piperazine rings is 2. The molecule has 4 aromatic carbocycles. The SMILES string of the molecule is C.Cn1cc(/C=C2\Oc3cccc(O)c3C2=O)c2c(-c3ccc(C(=O)N4CCN(CCO)CC4)cc3)ccnc21.Cn1cc(C=O)c2c(-c3ccc(C(=O)N4CCN(CCO)CC4)cc3)ccnc21.O=C1COc2cccc(O)c21. The van der Waals surface area contributed by atoms with Gasteiger partial charge in [0.05, 0.1) is 13.2 Å². The van der Waals surface area contributed by atoms with E-state index in [-0.39, 0.29) is 73.4 Å². The van der Waals surface area contributed by atoms with Gasteiger partial charge in [0, 0.05) is 137 Å². The van der Waals surface area contributed by atoms with Crippen LogP contribution in [0, 0.1) is 0 Å². The number of aliphatic hydroxyl groups is 2. The minimum Gasteiger partial charge on any atom is -0.507 e. The summed E-state index contributed by atoms with van der Waals surface area (Å²) < 4.78 is 14.5. The van der Waals surface area contributed by atoms with E-state index in [0.29, 0.717) is 73.0 Å². The second kappa shape index (κ2) is 24.3. The molecule has 0 aliphatic carbocycles. The fraction of sp³-hybridized carbons (Fsp3) is 0.262. The highest BCUT2D eigenvalue weighted by atomic mass is 16.5. The van der Waals surface area contributed by atoms with E-state index in [1.165, 1.54) is 12.1 Å². The zero-order valence-electron chi connectivity index (χ0n) is 43.6. The van der Waals surface area contributed by atoms with Crippen LogP contribution in [0.3, 0.4) is 0 Å². The van der Waals surface area contributed by atoms with E-state index < -0.39 is 0 Å². The second-order valence-electron chi connectivity index (χ2n) is 19.4. The molecule has 12 rings (SSSR count). The first-order valence-electron chi connectivity index (χ1n) is 25.9. The van der Waals surface area contributed by atoms with Gasteiger partial charge in [-0.1, -0.05) is 43.8 Å². The maximum Gasteiger partial charge on any atom is 0.253 e. The number of phenols is 2. The van der Waals surface area contributed by atoms with E-state index in [2.05, 4.69) is 19.8 Å². The number of fused-ring (bicyclic) bond motifs is 4. The van der Waals surface area contributed by atoms with E-state index in [0.717, 1.165) is 82.3 Å². The number of Topliss-reactive ketones (excluding diaryl/α,β-unsaturated/α-hetero) is 2. The Balaban J connectivity index is 0.000000165. The van der Waals surface area contributed by atoms with Crippen molar-refractivity contribution in [2.45, 2.75) is 7.43 Å². The normalized spacial score (nSPS) is 15.5. The number of pyridine rings is 2. The Labute approximate surface area is 461 Å². The Kier molecular flexibility index (Phi) is 17.0. The molecule has 2 saturated heterocycles. The standard InChI is InChI=1S/C30H28N4O5.C22H24N4O3.C8H6O3.CH4/c1-32-18-21(17-25-28(37)27-23(36)3-2-4-24(27)39-25)26-22(9-10-31-29(26)32)19-5-7-20(8-6-19)30(38)34-13-11-33(12-14-34)15-16-35;1-24-14-18(15-28)20-19(6-7-23-21(20)24)16-2-4-17(5-3-16)22(29)26-10-8-25(9-11-26)12-13-27;9-5-2-1-3-7-8(5)6(10)4-11-7;/h2-10,17-18,35-36H,11-16H2,1H3;2-7,14-15,27H,8-13H2,1H3;1-3,9H,4H2;1H4/b25-17-;;;. The lowest BCUT2D eigenvalue weighted by atomic mass is 9.99. The van der Waals surface area contributed by atoms with Crippen LogP contribution in [0.15, 0.2) is 128 Å². The second-order valence-corrected chi connectivity index (χ2v) is 19.4. The van der Waals surface area contributed by atoms with Gasteiger partial charge in [0.1, 0.15) is 45.4 Å². The lowest BCUT2D eigenvalue weighted by Gasteiger charge is -2.34. The molecule has 4 aliphatic heterocycles. The molecule has 2 amide bonds. The van der Waals surface area contributed by atoms with E-state index in [9.17, 15) is 34.2 Å². The Morgan fingerprint density at radius 1 is 0.600 bits per heavy atom. The van der Waals surface area contributed by atoms with Crippen LogP contribution in [0.5, 0.6) is 23.0 Å². The van der Waals surface area contributed by atoms with Crippen molar-refractivity contribution in [3.63, 3.8) is 0 Å². The molecule has 0 saturated carbocycles. The van der Waals surface area contributed by atoms with Crippen molar-refractivity contribution >= 4 is 57.8 Å². The van der Waals surface area contributed by atoms with Gasteiger partial charge >= 0.3 is 0 Å². The molecule has 4 aliphatic rings. The Hall–Kier alpha value is -9.01. The summed E-state index contributed by atoms with van der Waals surface area (Å²) in [5, 5.41) is 39.2. The van der Waals surface area contributed by atoms with Gasteiger partial charge in [-0.05, 0) is 89.0 Å². The van der Waals surface area contributed by atoms with Crippen molar-refractivity contribution in [3.8, 4) is 45.3 Å². The number of carbonyl (C=O) groups is 5. The van der Waals surface area contributed by atoms with Crippen LogP contribution in [0.4, 0.5) is 0 Å². The topological polar surface area (TPSA) is 233 Å². The molecule has 19 heteroatoms. The number of allylic oxidation sites excluding steroid dienone is 1. The number of β-amino-alcohol motifs (C(OH)–C–C–N with tert-alkyl or cyclic N) is 2. The number of hydrogen-bond donors (Lipinski definition) is 4. The molecule has 8 heterocycles. The third-order valence-corrected chi connectivity index (χ3v) is 14.5. The summed E-state index contributed by atoms with van der Waals surface area (Å²) in [4.78, 5) is 78.3. The van der Waals surface area contributed by atoms with Crippen molar-refractivity contribution in [2.75, 3.05) is 85.3 Å². The van der Waals surface area contributed by atoms with Crippen LogP contribution < -0.4 is 9.47 Å². The number of carbonyl (C=O) groups excluding carboxylic acids is 5. The third-order valence-electron chi connectivity index (χ3n) is 14.5. The van der Waals surface area contributed by atoms with Crippen LogP contribution in [-0.2, 0) is 14.1 Å². The Morgan fingerprint density at radius 3 is 1.52 bits per heavy atom. The van der Waals surface area contributed by atoms with E-state index in [1.807, 2.05) is 99.9 Å². The first-order valence-corrected chi connectivity index (χ1v) is 25.9. The molecule has 0 radical (unpaired) electrons. The van der Waals surface area contributed by atoms with E-state index in [4.69, 9.17) is 19.7 Å². The minimum atomic E-state index is -0.370. The van der Waals surface area contributed by atoms with E-state index >= 15 is 0 Å². The van der Waals surface area contributed by atoms with Gasteiger partial charge in [0.2, 0.25) is 11.6 Å². The number of benzene rings is 4. The van der Waals surface area contributed by atoms with Crippen LogP contribution in [0.2, 0.25) is 0 Å². The highest BCUT2D eigenvalue weighted by molar-refractivity contribution is 6.17. The summed E-state index contributed by atoms with van der Waals surface area (Å²) in [5.41, 5.74) is 8.30. The van der Waals surface area contributed by atoms with Crippen LogP contribution >= 0.6 is 0 Å². The number of aldehydes is 1. The van der Waals surface area contributed by atoms with Crippen molar-refractivity contribution in [3.05, 3.63) is 161 Å². The number of nitrogens with zero attached hydrogens (tertiary/aromatic N) is 8.